The Hall–Kier alpha value is -1.87. The van der Waals surface area contributed by atoms with Crippen LogP contribution >= 0.6 is 11.6 Å². The van der Waals surface area contributed by atoms with Gasteiger partial charge in [0.1, 0.15) is 10.9 Å². The maximum Gasteiger partial charge on any atom is 0.215 e. The number of ether oxygens (including phenoxy) is 1. The van der Waals surface area contributed by atoms with Gasteiger partial charge in [0.15, 0.2) is 5.69 Å². The van der Waals surface area contributed by atoms with Crippen molar-refractivity contribution in [1.29, 1.82) is 0 Å². The predicted octanol–water partition coefficient (Wildman–Crippen LogP) is 2.97. The van der Waals surface area contributed by atoms with E-state index >= 15 is 0 Å². The summed E-state index contributed by atoms with van der Waals surface area (Å²) < 4.78 is 5.10. The van der Waals surface area contributed by atoms with Crippen LogP contribution in [0.2, 0.25) is 5.15 Å². The lowest BCUT2D eigenvalue weighted by Gasteiger charge is -2.06. The molecule has 0 saturated carbocycles. The summed E-state index contributed by atoms with van der Waals surface area (Å²) in [5, 5.41) is 0.269. The van der Waals surface area contributed by atoms with Crippen LogP contribution in [-0.2, 0) is 0 Å². The maximum atomic E-state index is 12.2. The average Bonchev–Trinajstić information content (AvgIpc) is 2.39. The molecule has 86 valence electrons. The minimum absolute atomic E-state index is 0.204. The predicted molar refractivity (Wildman–Crippen MR) is 65.7 cm³/mol. The third kappa shape index (κ3) is 2.45. The normalized spacial score (nSPS) is 10.0. The number of carbonyl (C=O) groups is 1. The molecule has 4 heteroatoms. The number of hydrogen-bond acceptors (Lipinski definition) is 3. The standard InChI is InChI=1S/C13H10ClNO2/c1-17-10-7-8-11(14)15-12(10)13(16)9-5-3-2-4-6-9/h2-8H,1H3. The highest BCUT2D eigenvalue weighted by atomic mass is 35.5. The molecule has 1 aromatic carbocycles. The molecular weight excluding hydrogens is 238 g/mol. The number of pyridine rings is 1. The van der Waals surface area contributed by atoms with Crippen LogP contribution in [0.1, 0.15) is 16.1 Å². The SMILES string of the molecule is COc1ccc(Cl)nc1C(=O)c1ccccc1. The fraction of sp³-hybridized carbons (Fsp3) is 0.0769. The summed E-state index contributed by atoms with van der Waals surface area (Å²) in [6.07, 6.45) is 0. The van der Waals surface area contributed by atoms with Gasteiger partial charge in [0.25, 0.3) is 0 Å². The summed E-state index contributed by atoms with van der Waals surface area (Å²) in [6.45, 7) is 0. The van der Waals surface area contributed by atoms with Gasteiger partial charge in [-0.05, 0) is 12.1 Å². The highest BCUT2D eigenvalue weighted by Crippen LogP contribution is 2.21. The third-order valence-corrected chi connectivity index (χ3v) is 2.51. The van der Waals surface area contributed by atoms with Gasteiger partial charge >= 0.3 is 0 Å². The molecule has 2 rings (SSSR count). The quantitative estimate of drug-likeness (QED) is 0.618. The average molecular weight is 248 g/mol. The zero-order valence-electron chi connectivity index (χ0n) is 9.18. The molecule has 0 saturated heterocycles. The van der Waals surface area contributed by atoms with Gasteiger partial charge in [0.05, 0.1) is 7.11 Å². The number of nitrogens with zero attached hydrogens (tertiary/aromatic N) is 1. The Morgan fingerprint density at radius 3 is 2.53 bits per heavy atom. The molecule has 1 aromatic heterocycles. The van der Waals surface area contributed by atoms with Crippen LogP contribution in [0.3, 0.4) is 0 Å². The first-order valence-corrected chi connectivity index (χ1v) is 5.40. The Bertz CT molecular complexity index is 540. The van der Waals surface area contributed by atoms with E-state index in [1.807, 2.05) is 6.07 Å². The van der Waals surface area contributed by atoms with Gasteiger partial charge in [-0.15, -0.1) is 0 Å². The topological polar surface area (TPSA) is 39.2 Å². The van der Waals surface area contributed by atoms with E-state index in [1.54, 1.807) is 36.4 Å². The van der Waals surface area contributed by atoms with Crippen molar-refractivity contribution >= 4 is 17.4 Å². The molecule has 2 aromatic rings. The van der Waals surface area contributed by atoms with Crippen molar-refractivity contribution in [1.82, 2.24) is 4.98 Å². The molecule has 0 aliphatic carbocycles. The van der Waals surface area contributed by atoms with Gasteiger partial charge in [-0.1, -0.05) is 41.9 Å². The Kier molecular flexibility index (Phi) is 3.40. The van der Waals surface area contributed by atoms with Gasteiger partial charge < -0.3 is 4.74 Å². The van der Waals surface area contributed by atoms with E-state index in [2.05, 4.69) is 4.98 Å². The van der Waals surface area contributed by atoms with Gasteiger partial charge in [-0.2, -0.15) is 0 Å². The molecule has 1 heterocycles. The lowest BCUT2D eigenvalue weighted by Crippen LogP contribution is -2.06. The monoisotopic (exact) mass is 247 g/mol. The molecule has 0 spiro atoms. The van der Waals surface area contributed by atoms with E-state index in [4.69, 9.17) is 16.3 Å². The number of benzene rings is 1. The molecule has 0 radical (unpaired) electrons. The summed E-state index contributed by atoms with van der Waals surface area (Å²) in [7, 11) is 1.49. The number of methoxy groups -OCH3 is 1. The molecule has 0 fully saturated rings. The second-order valence-electron chi connectivity index (χ2n) is 3.38. The highest BCUT2D eigenvalue weighted by Gasteiger charge is 2.16. The van der Waals surface area contributed by atoms with E-state index in [0.29, 0.717) is 11.3 Å². The molecule has 0 amide bonds. The first-order chi connectivity index (χ1) is 8.22. The fourth-order valence-electron chi connectivity index (χ4n) is 1.48. The number of rotatable bonds is 3. The van der Waals surface area contributed by atoms with E-state index in [9.17, 15) is 4.79 Å². The minimum Gasteiger partial charge on any atom is -0.494 e. The summed E-state index contributed by atoms with van der Waals surface area (Å²) in [5.74, 6) is 0.216. The first-order valence-electron chi connectivity index (χ1n) is 5.02. The summed E-state index contributed by atoms with van der Waals surface area (Å²) in [6, 6.07) is 12.1. The van der Waals surface area contributed by atoms with E-state index in [0.717, 1.165) is 0 Å². The summed E-state index contributed by atoms with van der Waals surface area (Å²) in [4.78, 5) is 16.2. The van der Waals surface area contributed by atoms with Gasteiger partial charge in [-0.3, -0.25) is 4.79 Å². The van der Waals surface area contributed by atoms with Gasteiger partial charge in [0.2, 0.25) is 5.78 Å². The zero-order chi connectivity index (χ0) is 12.3. The van der Waals surface area contributed by atoms with E-state index in [1.165, 1.54) is 7.11 Å². The zero-order valence-corrected chi connectivity index (χ0v) is 9.94. The first kappa shape index (κ1) is 11.6. The van der Waals surface area contributed by atoms with Crippen molar-refractivity contribution in [3.63, 3.8) is 0 Å². The van der Waals surface area contributed by atoms with Crippen LogP contribution in [0.5, 0.6) is 5.75 Å². The lowest BCUT2D eigenvalue weighted by atomic mass is 10.1. The largest absolute Gasteiger partial charge is 0.494 e. The molecule has 0 bridgehead atoms. The molecule has 0 unspecified atom stereocenters. The number of aromatic nitrogens is 1. The van der Waals surface area contributed by atoms with Crippen LogP contribution in [0.4, 0.5) is 0 Å². The highest BCUT2D eigenvalue weighted by molar-refractivity contribution is 6.29. The Morgan fingerprint density at radius 1 is 1.18 bits per heavy atom. The summed E-state index contributed by atoms with van der Waals surface area (Å²) in [5.41, 5.74) is 0.784. The Morgan fingerprint density at radius 2 is 1.88 bits per heavy atom. The van der Waals surface area contributed by atoms with Crippen molar-refractivity contribution in [2.75, 3.05) is 7.11 Å². The molecule has 3 nitrogen and oxygen atoms in total. The van der Waals surface area contributed by atoms with Crippen LogP contribution in [0.15, 0.2) is 42.5 Å². The van der Waals surface area contributed by atoms with E-state index < -0.39 is 0 Å². The molecular formula is C13H10ClNO2. The Balaban J connectivity index is 2.47. The van der Waals surface area contributed by atoms with Crippen LogP contribution in [0, 0.1) is 0 Å². The third-order valence-electron chi connectivity index (χ3n) is 2.30. The van der Waals surface area contributed by atoms with E-state index in [-0.39, 0.29) is 16.6 Å². The number of ketones is 1. The van der Waals surface area contributed by atoms with Gasteiger partial charge in [0, 0.05) is 5.56 Å². The van der Waals surface area contributed by atoms with Crippen molar-refractivity contribution in [2.24, 2.45) is 0 Å². The molecule has 0 N–H and O–H groups in total. The molecule has 0 aliphatic rings. The summed E-state index contributed by atoms with van der Waals surface area (Å²) >= 11 is 5.79. The van der Waals surface area contributed by atoms with Crippen molar-refractivity contribution in [3.8, 4) is 5.75 Å². The fourth-order valence-corrected chi connectivity index (χ4v) is 1.62. The lowest BCUT2D eigenvalue weighted by molar-refractivity contribution is 0.103. The number of hydrogen-bond donors (Lipinski definition) is 0. The van der Waals surface area contributed by atoms with Crippen LogP contribution in [0.25, 0.3) is 0 Å². The van der Waals surface area contributed by atoms with Crippen LogP contribution in [-0.4, -0.2) is 17.9 Å². The maximum absolute atomic E-state index is 12.2. The minimum atomic E-state index is -0.204. The number of halogens is 1. The molecule has 0 atom stereocenters. The van der Waals surface area contributed by atoms with Crippen LogP contribution < -0.4 is 4.74 Å². The molecule has 0 aliphatic heterocycles. The van der Waals surface area contributed by atoms with Gasteiger partial charge in [-0.25, -0.2) is 4.98 Å². The second-order valence-corrected chi connectivity index (χ2v) is 3.77. The van der Waals surface area contributed by atoms with Crippen molar-refractivity contribution < 1.29 is 9.53 Å². The smallest absolute Gasteiger partial charge is 0.215 e. The molecule has 17 heavy (non-hydrogen) atoms. The van der Waals surface area contributed by atoms with Crippen molar-refractivity contribution in [3.05, 3.63) is 58.9 Å². The second kappa shape index (κ2) is 4.97. The number of carbonyl (C=O) groups excluding carboxylic acids is 1. The Labute approximate surface area is 104 Å². The van der Waals surface area contributed by atoms with Crippen molar-refractivity contribution in [2.45, 2.75) is 0 Å².